The number of nitrogens with two attached hydrogens (primary N) is 1. The van der Waals surface area contributed by atoms with Gasteiger partial charge < -0.3 is 21.5 Å². The summed E-state index contributed by atoms with van der Waals surface area (Å²) in [7, 11) is 0. The van der Waals surface area contributed by atoms with Gasteiger partial charge in [-0.05, 0) is 63.5 Å². The quantitative estimate of drug-likeness (QED) is 0.326. The Balaban J connectivity index is 1.52. The Morgan fingerprint density at radius 2 is 1.89 bits per heavy atom. The van der Waals surface area contributed by atoms with Gasteiger partial charge in [0.2, 0.25) is 17.8 Å². The molecule has 5 rings (SSSR count). The molecule has 5 N–H and O–H groups in total. The highest BCUT2D eigenvalue weighted by Crippen LogP contribution is 2.43. The molecule has 0 spiro atoms. The van der Waals surface area contributed by atoms with E-state index in [1.165, 1.54) is 12.1 Å². The number of fused-ring (bicyclic) bond motifs is 1. The molecule has 2 saturated carbocycles. The van der Waals surface area contributed by atoms with Crippen molar-refractivity contribution in [1.82, 2.24) is 19.5 Å². The monoisotopic (exact) mass is 549 g/mol. The van der Waals surface area contributed by atoms with Gasteiger partial charge in [-0.15, -0.1) is 0 Å². The number of benzene rings is 1. The standard InChI is InChI=1S/C25H30Cl2FN7O2/c1-25(22(29)37)7-5-15(6-8-25)35-21-19(12-30-23(34-21)31-14-3-2-4-16(36)11-14)32-24(35)33-20-17(26)9-13(28)10-18(20)27/h9-10,12,14-16,36H,2-8,11H2,1H3,(H2,29,37)(H,32,33)(H,30,31,34)/t14-,15-,16-,25+/m0/s1. The molecule has 2 aliphatic carbocycles. The number of aromatic nitrogens is 4. The number of nitrogens with zero attached hydrogens (tertiary/aromatic N) is 4. The molecule has 12 heteroatoms. The molecule has 1 amide bonds. The Labute approximate surface area is 224 Å². The van der Waals surface area contributed by atoms with Crippen LogP contribution in [0.3, 0.4) is 0 Å². The normalized spacial score (nSPS) is 26.2. The molecule has 2 heterocycles. The smallest absolute Gasteiger partial charge is 0.224 e. The Morgan fingerprint density at radius 1 is 1.19 bits per heavy atom. The van der Waals surface area contributed by atoms with Crippen LogP contribution in [0.2, 0.25) is 10.0 Å². The van der Waals surface area contributed by atoms with Gasteiger partial charge in [0.15, 0.2) is 5.65 Å². The molecule has 1 aromatic carbocycles. The van der Waals surface area contributed by atoms with Crippen molar-refractivity contribution in [2.75, 3.05) is 10.6 Å². The van der Waals surface area contributed by atoms with Gasteiger partial charge in [-0.25, -0.2) is 14.4 Å². The summed E-state index contributed by atoms with van der Waals surface area (Å²) < 4.78 is 15.8. The molecule has 0 saturated heterocycles. The summed E-state index contributed by atoms with van der Waals surface area (Å²) in [4.78, 5) is 26.0. The Morgan fingerprint density at radius 3 is 2.54 bits per heavy atom. The van der Waals surface area contributed by atoms with Crippen molar-refractivity contribution in [2.45, 2.75) is 76.5 Å². The molecular formula is C25H30Cl2FN7O2. The highest BCUT2D eigenvalue weighted by atomic mass is 35.5. The van der Waals surface area contributed by atoms with Crippen LogP contribution in [0.15, 0.2) is 18.3 Å². The summed E-state index contributed by atoms with van der Waals surface area (Å²) in [5.74, 6) is 0.0576. The van der Waals surface area contributed by atoms with E-state index in [1.807, 2.05) is 11.5 Å². The predicted molar refractivity (Wildman–Crippen MR) is 142 cm³/mol. The van der Waals surface area contributed by atoms with E-state index in [2.05, 4.69) is 15.6 Å². The van der Waals surface area contributed by atoms with Crippen molar-refractivity contribution >= 4 is 57.9 Å². The van der Waals surface area contributed by atoms with Crippen LogP contribution in [0.1, 0.15) is 64.3 Å². The Bertz CT molecular complexity index is 1300. The molecule has 2 aliphatic rings. The SMILES string of the molecule is C[C@]1(C(N)=O)CC[C@@H](n2c(Nc3c(Cl)cc(F)cc3Cl)nc3cnc(N[C@H]4CCC[C@H](O)C4)nc32)CC1. The molecule has 0 radical (unpaired) electrons. The number of primary amides is 1. The molecule has 0 unspecified atom stereocenters. The second-order valence-electron chi connectivity index (χ2n) is 10.4. The fourth-order valence-corrected chi connectivity index (χ4v) is 5.94. The van der Waals surface area contributed by atoms with Crippen molar-refractivity contribution < 1.29 is 14.3 Å². The van der Waals surface area contributed by atoms with E-state index in [-0.39, 0.29) is 34.1 Å². The minimum Gasteiger partial charge on any atom is -0.393 e. The van der Waals surface area contributed by atoms with E-state index in [9.17, 15) is 14.3 Å². The average molecular weight is 550 g/mol. The fourth-order valence-electron chi connectivity index (χ4n) is 5.39. The summed E-state index contributed by atoms with van der Waals surface area (Å²) in [6.07, 6.45) is 7.26. The number of anilines is 3. The number of nitrogens with one attached hydrogen (secondary N) is 2. The van der Waals surface area contributed by atoms with Crippen LogP contribution in [-0.4, -0.2) is 42.7 Å². The van der Waals surface area contributed by atoms with Gasteiger partial charge in [-0.2, -0.15) is 4.98 Å². The number of hydrogen-bond donors (Lipinski definition) is 4. The van der Waals surface area contributed by atoms with Crippen LogP contribution >= 0.6 is 23.2 Å². The Hall–Kier alpha value is -2.69. The van der Waals surface area contributed by atoms with Gasteiger partial charge >= 0.3 is 0 Å². The van der Waals surface area contributed by atoms with E-state index >= 15 is 0 Å². The minimum absolute atomic E-state index is 0.0304. The van der Waals surface area contributed by atoms with Crippen molar-refractivity contribution in [3.63, 3.8) is 0 Å². The summed E-state index contributed by atoms with van der Waals surface area (Å²) in [6.45, 7) is 1.90. The summed E-state index contributed by atoms with van der Waals surface area (Å²) >= 11 is 12.6. The van der Waals surface area contributed by atoms with E-state index in [4.69, 9.17) is 38.9 Å². The molecule has 0 bridgehead atoms. The van der Waals surface area contributed by atoms with Crippen LogP contribution in [-0.2, 0) is 4.79 Å². The molecular weight excluding hydrogens is 520 g/mol. The second kappa shape index (κ2) is 10.2. The zero-order chi connectivity index (χ0) is 26.3. The number of hydrogen-bond acceptors (Lipinski definition) is 7. The van der Waals surface area contributed by atoms with Crippen molar-refractivity contribution in [3.05, 3.63) is 34.2 Å². The van der Waals surface area contributed by atoms with Crippen molar-refractivity contribution in [1.29, 1.82) is 0 Å². The molecule has 2 atom stereocenters. The topological polar surface area (TPSA) is 131 Å². The summed E-state index contributed by atoms with van der Waals surface area (Å²) in [6, 6.07) is 2.42. The second-order valence-corrected chi connectivity index (χ2v) is 11.2. The molecule has 2 aromatic heterocycles. The third-order valence-electron chi connectivity index (χ3n) is 7.67. The third-order valence-corrected chi connectivity index (χ3v) is 8.27. The van der Waals surface area contributed by atoms with Crippen LogP contribution < -0.4 is 16.4 Å². The number of carbonyl (C=O) groups is 1. The van der Waals surface area contributed by atoms with Gasteiger partial charge in [-0.3, -0.25) is 9.36 Å². The van der Waals surface area contributed by atoms with E-state index in [0.29, 0.717) is 60.9 Å². The number of halogens is 3. The molecule has 0 aliphatic heterocycles. The number of aliphatic hydroxyl groups excluding tert-OH is 1. The number of rotatable bonds is 6. The highest BCUT2D eigenvalue weighted by molar-refractivity contribution is 6.39. The molecule has 3 aromatic rings. The van der Waals surface area contributed by atoms with Gasteiger partial charge in [0.25, 0.3) is 0 Å². The lowest BCUT2D eigenvalue weighted by Gasteiger charge is -2.35. The average Bonchev–Trinajstić information content (AvgIpc) is 3.19. The lowest BCUT2D eigenvalue weighted by molar-refractivity contribution is -0.128. The van der Waals surface area contributed by atoms with Gasteiger partial charge in [0.1, 0.15) is 11.3 Å². The molecule has 9 nitrogen and oxygen atoms in total. The van der Waals surface area contributed by atoms with E-state index < -0.39 is 11.2 Å². The largest absolute Gasteiger partial charge is 0.393 e. The first-order valence-corrected chi connectivity index (χ1v) is 13.3. The zero-order valence-corrected chi connectivity index (χ0v) is 22.0. The van der Waals surface area contributed by atoms with Gasteiger partial charge in [0, 0.05) is 17.5 Å². The number of carbonyl (C=O) groups excluding carboxylic acids is 1. The summed E-state index contributed by atoms with van der Waals surface area (Å²) in [5, 5.41) is 16.8. The van der Waals surface area contributed by atoms with Crippen LogP contribution in [0.4, 0.5) is 22.0 Å². The number of imidazole rings is 1. The summed E-state index contributed by atoms with van der Waals surface area (Å²) in [5.41, 5.74) is 6.62. The first-order valence-electron chi connectivity index (χ1n) is 12.5. The van der Waals surface area contributed by atoms with Crippen LogP contribution in [0.25, 0.3) is 11.2 Å². The first-order chi connectivity index (χ1) is 17.6. The maximum absolute atomic E-state index is 13.8. The highest BCUT2D eigenvalue weighted by Gasteiger charge is 2.38. The Kier molecular flexibility index (Phi) is 7.17. The molecule has 198 valence electrons. The van der Waals surface area contributed by atoms with Crippen molar-refractivity contribution in [3.8, 4) is 0 Å². The minimum atomic E-state index is -0.562. The molecule has 2 fully saturated rings. The predicted octanol–water partition coefficient (Wildman–Crippen LogP) is 5.34. The number of aliphatic hydroxyl groups is 1. The third kappa shape index (κ3) is 5.32. The van der Waals surface area contributed by atoms with Gasteiger partial charge in [0.05, 0.1) is 28.0 Å². The van der Waals surface area contributed by atoms with E-state index in [0.717, 1.165) is 19.3 Å². The van der Waals surface area contributed by atoms with E-state index in [1.54, 1.807) is 6.20 Å². The van der Waals surface area contributed by atoms with Crippen LogP contribution in [0.5, 0.6) is 0 Å². The lowest BCUT2D eigenvalue weighted by Crippen LogP contribution is -2.38. The lowest BCUT2D eigenvalue weighted by atomic mass is 9.73. The van der Waals surface area contributed by atoms with Crippen molar-refractivity contribution in [2.24, 2.45) is 11.1 Å². The fraction of sp³-hybridized carbons (Fsp3) is 0.520. The number of amides is 1. The first kappa shape index (κ1) is 25.9. The van der Waals surface area contributed by atoms with Crippen LogP contribution in [0, 0.1) is 11.2 Å². The maximum atomic E-state index is 13.8. The maximum Gasteiger partial charge on any atom is 0.224 e. The molecule has 37 heavy (non-hydrogen) atoms. The van der Waals surface area contributed by atoms with Gasteiger partial charge in [-0.1, -0.05) is 30.1 Å². The zero-order valence-electron chi connectivity index (χ0n) is 20.5.